The molecular weight excluding hydrogens is 318 g/mol. The van der Waals surface area contributed by atoms with Crippen LogP contribution in [0.4, 0.5) is 0 Å². The van der Waals surface area contributed by atoms with Crippen LogP contribution in [0.15, 0.2) is 54.9 Å². The molecule has 5 heteroatoms. The molecule has 0 aliphatic heterocycles. The highest BCUT2D eigenvalue weighted by Crippen LogP contribution is 2.31. The van der Waals surface area contributed by atoms with Crippen LogP contribution in [0.5, 0.6) is 0 Å². The van der Waals surface area contributed by atoms with Crippen LogP contribution in [0.3, 0.4) is 0 Å². The molecule has 4 rings (SSSR count). The van der Waals surface area contributed by atoms with Crippen molar-refractivity contribution in [3.05, 3.63) is 70.2 Å². The van der Waals surface area contributed by atoms with Crippen molar-refractivity contribution in [1.82, 2.24) is 14.7 Å². The minimum Gasteiger partial charge on any atom is -0.331 e. The van der Waals surface area contributed by atoms with Gasteiger partial charge in [-0.1, -0.05) is 6.07 Å². The van der Waals surface area contributed by atoms with Crippen molar-refractivity contribution >= 4 is 17.2 Å². The summed E-state index contributed by atoms with van der Waals surface area (Å²) in [5, 5.41) is 4.24. The number of rotatable bonds is 5. The maximum absolute atomic E-state index is 13.1. The molecule has 0 radical (unpaired) electrons. The Morgan fingerprint density at radius 1 is 1.29 bits per heavy atom. The minimum absolute atomic E-state index is 0.109. The van der Waals surface area contributed by atoms with Crippen molar-refractivity contribution in [2.24, 2.45) is 0 Å². The smallest absolute Gasteiger partial charge is 0.254 e. The van der Waals surface area contributed by atoms with Gasteiger partial charge in [-0.25, -0.2) is 4.68 Å². The predicted octanol–water partition coefficient (Wildman–Crippen LogP) is 4.05. The molecule has 0 atom stereocenters. The number of aryl methyl sites for hydroxylation is 1. The van der Waals surface area contributed by atoms with Crippen molar-refractivity contribution in [2.45, 2.75) is 32.4 Å². The van der Waals surface area contributed by atoms with Gasteiger partial charge in [0.2, 0.25) is 0 Å². The molecule has 1 aliphatic rings. The van der Waals surface area contributed by atoms with Crippen LogP contribution in [0.2, 0.25) is 0 Å². The van der Waals surface area contributed by atoms with E-state index in [1.54, 1.807) is 22.2 Å². The highest BCUT2D eigenvalue weighted by atomic mass is 32.1. The second kappa shape index (κ2) is 6.24. The summed E-state index contributed by atoms with van der Waals surface area (Å²) in [7, 11) is 0. The van der Waals surface area contributed by atoms with E-state index in [9.17, 15) is 4.79 Å². The molecular formula is C19H19N3OS. The molecule has 2 aromatic heterocycles. The first-order chi connectivity index (χ1) is 11.7. The molecule has 24 heavy (non-hydrogen) atoms. The Kier molecular flexibility index (Phi) is 3.94. The summed E-state index contributed by atoms with van der Waals surface area (Å²) < 4.78 is 1.78. The number of aromatic nitrogens is 2. The number of amides is 1. The van der Waals surface area contributed by atoms with Gasteiger partial charge in [-0.05, 0) is 56.2 Å². The Bertz CT molecular complexity index is 849. The van der Waals surface area contributed by atoms with E-state index in [0.717, 1.165) is 24.1 Å². The maximum Gasteiger partial charge on any atom is 0.254 e. The largest absolute Gasteiger partial charge is 0.331 e. The number of thiophene rings is 1. The van der Waals surface area contributed by atoms with Gasteiger partial charge in [-0.2, -0.15) is 5.10 Å². The van der Waals surface area contributed by atoms with E-state index >= 15 is 0 Å². The van der Waals surface area contributed by atoms with E-state index in [-0.39, 0.29) is 5.91 Å². The highest BCUT2D eigenvalue weighted by molar-refractivity contribution is 7.11. The Morgan fingerprint density at radius 3 is 2.83 bits per heavy atom. The number of benzene rings is 1. The Morgan fingerprint density at radius 2 is 2.17 bits per heavy atom. The summed E-state index contributed by atoms with van der Waals surface area (Å²) in [4.78, 5) is 17.6. The van der Waals surface area contributed by atoms with Gasteiger partial charge in [0.15, 0.2) is 0 Å². The third-order valence-corrected chi connectivity index (χ3v) is 5.22. The maximum atomic E-state index is 13.1. The molecule has 1 amide bonds. The van der Waals surface area contributed by atoms with Gasteiger partial charge >= 0.3 is 0 Å². The number of hydrogen-bond acceptors (Lipinski definition) is 3. The van der Waals surface area contributed by atoms with Gasteiger partial charge in [0, 0.05) is 33.8 Å². The number of carbonyl (C=O) groups excluding carboxylic acids is 1. The minimum atomic E-state index is 0.109. The van der Waals surface area contributed by atoms with Crippen LogP contribution in [-0.2, 0) is 6.54 Å². The van der Waals surface area contributed by atoms with E-state index in [2.05, 4.69) is 24.2 Å². The molecule has 0 saturated heterocycles. The highest BCUT2D eigenvalue weighted by Gasteiger charge is 2.33. The van der Waals surface area contributed by atoms with Crippen molar-refractivity contribution < 1.29 is 4.79 Å². The zero-order valence-electron chi connectivity index (χ0n) is 13.6. The van der Waals surface area contributed by atoms with E-state index in [4.69, 9.17) is 0 Å². The third-order valence-electron chi connectivity index (χ3n) is 4.23. The Hall–Kier alpha value is -2.40. The molecule has 122 valence electrons. The first kappa shape index (κ1) is 15.1. The summed E-state index contributed by atoms with van der Waals surface area (Å²) in [6, 6.07) is 14.2. The average Bonchev–Trinajstić information content (AvgIpc) is 3.12. The summed E-state index contributed by atoms with van der Waals surface area (Å²) in [5.74, 6) is 0.109. The van der Waals surface area contributed by atoms with Crippen molar-refractivity contribution in [1.29, 1.82) is 0 Å². The van der Waals surface area contributed by atoms with Crippen molar-refractivity contribution in [3.63, 3.8) is 0 Å². The van der Waals surface area contributed by atoms with E-state index in [1.807, 2.05) is 41.4 Å². The molecule has 1 aromatic carbocycles. The zero-order valence-corrected chi connectivity index (χ0v) is 14.4. The first-order valence-electron chi connectivity index (χ1n) is 8.17. The lowest BCUT2D eigenvalue weighted by molar-refractivity contribution is 0.0731. The second-order valence-corrected chi connectivity index (χ2v) is 7.55. The van der Waals surface area contributed by atoms with Crippen LogP contribution in [0, 0.1) is 6.92 Å². The molecule has 0 bridgehead atoms. The molecule has 4 nitrogen and oxygen atoms in total. The normalized spacial score (nSPS) is 13.9. The third kappa shape index (κ3) is 3.12. The molecule has 0 spiro atoms. The topological polar surface area (TPSA) is 38.1 Å². The van der Waals surface area contributed by atoms with Crippen LogP contribution < -0.4 is 0 Å². The van der Waals surface area contributed by atoms with Crippen molar-refractivity contribution in [3.8, 4) is 5.69 Å². The quantitative estimate of drug-likeness (QED) is 0.704. The van der Waals surface area contributed by atoms with Gasteiger partial charge in [0.25, 0.3) is 5.91 Å². The fraction of sp³-hybridized carbons (Fsp3) is 0.263. The molecule has 0 unspecified atom stereocenters. The average molecular weight is 337 g/mol. The van der Waals surface area contributed by atoms with Gasteiger partial charge in [-0.3, -0.25) is 4.79 Å². The summed E-state index contributed by atoms with van der Waals surface area (Å²) >= 11 is 1.77. The molecule has 1 saturated carbocycles. The van der Waals surface area contributed by atoms with Gasteiger partial charge in [-0.15, -0.1) is 11.3 Å². The van der Waals surface area contributed by atoms with E-state index in [0.29, 0.717) is 12.6 Å². The number of hydrogen-bond donors (Lipinski definition) is 0. The first-order valence-corrected chi connectivity index (χ1v) is 8.99. The summed E-state index contributed by atoms with van der Waals surface area (Å²) in [5.41, 5.74) is 1.64. The lowest BCUT2D eigenvalue weighted by atomic mass is 10.1. The van der Waals surface area contributed by atoms with Gasteiger partial charge in [0.05, 0.1) is 12.2 Å². The summed E-state index contributed by atoms with van der Waals surface area (Å²) in [6.07, 6.45) is 5.84. The number of carbonyl (C=O) groups is 1. The van der Waals surface area contributed by atoms with Gasteiger partial charge < -0.3 is 4.90 Å². The second-order valence-electron chi connectivity index (χ2n) is 6.18. The standard InChI is InChI=1S/C19H19N3OS/c1-14-6-9-18(24-14)13-21(16-7-8-16)19(23)15-4-2-5-17(12-15)22-11-3-10-20-22/h2-6,9-12,16H,7-8,13H2,1H3. The van der Waals surface area contributed by atoms with E-state index in [1.165, 1.54) is 9.75 Å². The van der Waals surface area contributed by atoms with Crippen LogP contribution >= 0.6 is 11.3 Å². The lowest BCUT2D eigenvalue weighted by Crippen LogP contribution is -2.32. The molecule has 2 heterocycles. The monoisotopic (exact) mass is 337 g/mol. The molecule has 0 N–H and O–H groups in total. The number of nitrogens with zero attached hydrogens (tertiary/aromatic N) is 3. The molecule has 1 aliphatic carbocycles. The lowest BCUT2D eigenvalue weighted by Gasteiger charge is -2.22. The summed E-state index contributed by atoms with van der Waals surface area (Å²) in [6.45, 7) is 2.80. The van der Waals surface area contributed by atoms with Gasteiger partial charge in [0.1, 0.15) is 0 Å². The Labute approximate surface area is 145 Å². The zero-order chi connectivity index (χ0) is 16.5. The Balaban J connectivity index is 1.59. The van der Waals surface area contributed by atoms with Crippen LogP contribution in [0.1, 0.15) is 33.0 Å². The fourth-order valence-electron chi connectivity index (χ4n) is 2.86. The van der Waals surface area contributed by atoms with Crippen LogP contribution in [-0.4, -0.2) is 26.6 Å². The molecule has 1 fully saturated rings. The van der Waals surface area contributed by atoms with E-state index < -0.39 is 0 Å². The predicted molar refractivity (Wildman–Crippen MR) is 95.5 cm³/mol. The van der Waals surface area contributed by atoms with Crippen molar-refractivity contribution in [2.75, 3.05) is 0 Å². The fourth-order valence-corrected chi connectivity index (χ4v) is 3.75. The van der Waals surface area contributed by atoms with Crippen LogP contribution in [0.25, 0.3) is 5.69 Å². The SMILES string of the molecule is Cc1ccc(CN(C(=O)c2cccc(-n3cccn3)c2)C2CC2)s1. The molecule has 3 aromatic rings.